The fourth-order valence-electron chi connectivity index (χ4n) is 1.74. The number of hydrogen-bond donors (Lipinski definition) is 1. The van der Waals surface area contributed by atoms with Crippen molar-refractivity contribution in [2.75, 3.05) is 13.1 Å². The van der Waals surface area contributed by atoms with Crippen molar-refractivity contribution in [3.63, 3.8) is 0 Å². The van der Waals surface area contributed by atoms with Gasteiger partial charge in [0.25, 0.3) is 5.69 Å². The third kappa shape index (κ3) is 1.84. The Balaban J connectivity index is 1.91. The van der Waals surface area contributed by atoms with Gasteiger partial charge in [0.15, 0.2) is 0 Å². The third-order valence-electron chi connectivity index (χ3n) is 2.89. The zero-order valence-electron chi connectivity index (χ0n) is 9.37. The van der Waals surface area contributed by atoms with Crippen molar-refractivity contribution >= 4 is 5.69 Å². The molecule has 0 bridgehead atoms. The van der Waals surface area contributed by atoms with Crippen LogP contribution in [0.1, 0.15) is 11.8 Å². The highest BCUT2D eigenvalue weighted by Gasteiger charge is 2.25. The van der Waals surface area contributed by atoms with Crippen LogP contribution in [-0.2, 0) is 0 Å². The van der Waals surface area contributed by atoms with Crippen molar-refractivity contribution in [1.82, 2.24) is 15.5 Å². The van der Waals surface area contributed by atoms with Gasteiger partial charge in [0.2, 0.25) is 11.7 Å². The van der Waals surface area contributed by atoms with Crippen LogP contribution in [0.15, 0.2) is 28.8 Å². The number of benzene rings is 1. The first-order chi connectivity index (χ1) is 8.74. The Morgan fingerprint density at radius 1 is 1.44 bits per heavy atom. The van der Waals surface area contributed by atoms with Crippen LogP contribution in [0.4, 0.5) is 5.69 Å². The molecule has 1 N–H and O–H groups in total. The van der Waals surface area contributed by atoms with E-state index in [1.807, 2.05) is 0 Å². The van der Waals surface area contributed by atoms with Crippen molar-refractivity contribution in [1.29, 1.82) is 0 Å². The van der Waals surface area contributed by atoms with Gasteiger partial charge in [-0.25, -0.2) is 0 Å². The van der Waals surface area contributed by atoms with Crippen LogP contribution in [-0.4, -0.2) is 28.2 Å². The lowest BCUT2D eigenvalue weighted by molar-refractivity contribution is -0.384. The Morgan fingerprint density at radius 3 is 2.94 bits per heavy atom. The van der Waals surface area contributed by atoms with Crippen molar-refractivity contribution in [2.24, 2.45) is 0 Å². The Kier molecular flexibility index (Phi) is 2.52. The minimum Gasteiger partial charge on any atom is -0.339 e. The van der Waals surface area contributed by atoms with E-state index in [0.29, 0.717) is 17.3 Å². The molecule has 0 spiro atoms. The van der Waals surface area contributed by atoms with Gasteiger partial charge < -0.3 is 9.84 Å². The highest BCUT2D eigenvalue weighted by atomic mass is 16.6. The van der Waals surface area contributed by atoms with Crippen molar-refractivity contribution in [3.05, 3.63) is 40.3 Å². The summed E-state index contributed by atoms with van der Waals surface area (Å²) in [5.74, 6) is 1.22. The van der Waals surface area contributed by atoms with Crippen LogP contribution in [0, 0.1) is 10.1 Å². The molecule has 18 heavy (non-hydrogen) atoms. The molecule has 0 aliphatic carbocycles. The number of nitro groups is 1. The van der Waals surface area contributed by atoms with Gasteiger partial charge in [0.1, 0.15) is 0 Å². The van der Waals surface area contributed by atoms with E-state index in [2.05, 4.69) is 15.5 Å². The normalized spacial score (nSPS) is 15.3. The summed E-state index contributed by atoms with van der Waals surface area (Å²) in [6, 6.07) is 6.20. The SMILES string of the molecule is O=[N+]([O-])c1cccc(-c2noc(C3CNC3)n2)c1. The smallest absolute Gasteiger partial charge is 0.270 e. The summed E-state index contributed by atoms with van der Waals surface area (Å²) in [4.78, 5) is 14.5. The topological polar surface area (TPSA) is 94.1 Å². The van der Waals surface area contributed by atoms with E-state index in [4.69, 9.17) is 4.52 Å². The van der Waals surface area contributed by atoms with Gasteiger partial charge in [0, 0.05) is 30.8 Å². The number of non-ortho nitro benzene ring substituents is 1. The van der Waals surface area contributed by atoms with Gasteiger partial charge in [-0.2, -0.15) is 4.98 Å². The molecule has 0 saturated carbocycles. The quantitative estimate of drug-likeness (QED) is 0.648. The Bertz CT molecular complexity index is 591. The molecule has 1 aliphatic rings. The Morgan fingerprint density at radius 2 is 2.28 bits per heavy atom. The van der Waals surface area contributed by atoms with Gasteiger partial charge in [-0.3, -0.25) is 10.1 Å². The predicted octanol–water partition coefficient (Wildman–Crippen LogP) is 1.33. The van der Waals surface area contributed by atoms with Crippen LogP contribution in [0.25, 0.3) is 11.4 Å². The minimum absolute atomic E-state index is 0.0177. The lowest BCUT2D eigenvalue weighted by Crippen LogP contribution is -2.40. The lowest BCUT2D eigenvalue weighted by Gasteiger charge is -2.22. The van der Waals surface area contributed by atoms with Gasteiger partial charge in [0.05, 0.1) is 10.8 Å². The molecule has 0 amide bonds. The summed E-state index contributed by atoms with van der Waals surface area (Å²) in [7, 11) is 0. The first kappa shape index (κ1) is 10.8. The standard InChI is InChI=1S/C11H10N4O3/c16-15(17)9-3-1-2-7(4-9)10-13-11(18-14-10)8-5-12-6-8/h1-4,8,12H,5-6H2. The molecule has 7 nitrogen and oxygen atoms in total. The molecular formula is C11H10N4O3. The van der Waals surface area contributed by atoms with Gasteiger partial charge >= 0.3 is 0 Å². The first-order valence-electron chi connectivity index (χ1n) is 5.53. The maximum atomic E-state index is 10.7. The molecule has 92 valence electrons. The van der Waals surface area contributed by atoms with E-state index in [-0.39, 0.29) is 11.6 Å². The molecule has 1 aromatic heterocycles. The summed E-state index contributed by atoms with van der Waals surface area (Å²) in [5.41, 5.74) is 0.607. The molecule has 1 saturated heterocycles. The fourth-order valence-corrected chi connectivity index (χ4v) is 1.74. The molecule has 0 unspecified atom stereocenters. The molecule has 1 aliphatic heterocycles. The van der Waals surface area contributed by atoms with Crippen LogP contribution in [0.5, 0.6) is 0 Å². The van der Waals surface area contributed by atoms with E-state index in [0.717, 1.165) is 13.1 Å². The molecule has 1 fully saturated rings. The number of nitrogens with one attached hydrogen (secondary N) is 1. The van der Waals surface area contributed by atoms with Crippen molar-refractivity contribution < 1.29 is 9.45 Å². The average molecular weight is 246 g/mol. The van der Waals surface area contributed by atoms with Crippen LogP contribution >= 0.6 is 0 Å². The van der Waals surface area contributed by atoms with Crippen molar-refractivity contribution in [3.8, 4) is 11.4 Å². The lowest BCUT2D eigenvalue weighted by atomic mass is 10.0. The van der Waals surface area contributed by atoms with Crippen molar-refractivity contribution in [2.45, 2.75) is 5.92 Å². The molecule has 2 heterocycles. The van der Waals surface area contributed by atoms with Crippen LogP contribution in [0.2, 0.25) is 0 Å². The molecule has 7 heteroatoms. The van der Waals surface area contributed by atoms with Crippen LogP contribution in [0.3, 0.4) is 0 Å². The predicted molar refractivity (Wildman–Crippen MR) is 62.0 cm³/mol. The van der Waals surface area contributed by atoms with E-state index < -0.39 is 4.92 Å². The second-order valence-corrected chi connectivity index (χ2v) is 4.12. The highest BCUT2D eigenvalue weighted by Crippen LogP contribution is 2.24. The van der Waals surface area contributed by atoms with Gasteiger partial charge in [-0.1, -0.05) is 17.3 Å². The number of rotatable bonds is 3. The molecule has 2 aromatic rings. The summed E-state index contributed by atoms with van der Waals surface area (Å²) in [5, 5.41) is 17.7. The fraction of sp³-hybridized carbons (Fsp3) is 0.273. The first-order valence-corrected chi connectivity index (χ1v) is 5.53. The average Bonchev–Trinajstić information content (AvgIpc) is 2.76. The van der Waals surface area contributed by atoms with Gasteiger partial charge in [-0.15, -0.1) is 0 Å². The largest absolute Gasteiger partial charge is 0.339 e. The second kappa shape index (κ2) is 4.19. The summed E-state index contributed by atoms with van der Waals surface area (Å²) < 4.78 is 5.15. The van der Waals surface area contributed by atoms with Crippen LogP contribution < -0.4 is 5.32 Å². The van der Waals surface area contributed by atoms with E-state index in [9.17, 15) is 10.1 Å². The Labute approximate surface area is 102 Å². The van der Waals surface area contributed by atoms with Gasteiger partial charge in [-0.05, 0) is 0 Å². The molecule has 0 atom stereocenters. The molecule has 3 rings (SSSR count). The summed E-state index contributed by atoms with van der Waals surface area (Å²) >= 11 is 0. The maximum absolute atomic E-state index is 10.7. The van der Waals surface area contributed by atoms with E-state index in [1.165, 1.54) is 12.1 Å². The Hall–Kier alpha value is -2.28. The van der Waals surface area contributed by atoms with E-state index >= 15 is 0 Å². The molecule has 0 radical (unpaired) electrons. The zero-order valence-corrected chi connectivity index (χ0v) is 9.37. The number of aromatic nitrogens is 2. The zero-order chi connectivity index (χ0) is 12.5. The van der Waals surface area contributed by atoms with E-state index in [1.54, 1.807) is 12.1 Å². The third-order valence-corrected chi connectivity index (χ3v) is 2.89. The summed E-state index contributed by atoms with van der Waals surface area (Å²) in [6.07, 6.45) is 0. The maximum Gasteiger partial charge on any atom is 0.270 e. The summed E-state index contributed by atoms with van der Waals surface area (Å²) in [6.45, 7) is 1.66. The highest BCUT2D eigenvalue weighted by molar-refractivity contribution is 5.58. The number of hydrogen-bond acceptors (Lipinski definition) is 6. The monoisotopic (exact) mass is 246 g/mol. The molecule has 1 aromatic carbocycles. The molecular weight excluding hydrogens is 236 g/mol. The minimum atomic E-state index is -0.444. The number of nitro benzene ring substituents is 1. The second-order valence-electron chi connectivity index (χ2n) is 4.12. The number of nitrogens with zero attached hydrogens (tertiary/aromatic N) is 3.